The van der Waals surface area contributed by atoms with Gasteiger partial charge >= 0.3 is 0 Å². The SMILES string of the molecule is C[C@H](CC1=NS(=O)(=O)[C@H](Cc2ccc(N3CCN(C)CC3)cc2)C(C)(C)O1)c1ccccc1F. The predicted octanol–water partition coefficient (Wildman–Crippen LogP) is 4.22. The van der Waals surface area contributed by atoms with Gasteiger partial charge < -0.3 is 14.5 Å². The maximum Gasteiger partial charge on any atom is 0.263 e. The van der Waals surface area contributed by atoms with E-state index in [2.05, 4.69) is 33.4 Å². The Labute approximate surface area is 202 Å². The largest absolute Gasteiger partial charge is 0.473 e. The molecule has 8 heteroatoms. The Morgan fingerprint density at radius 2 is 1.74 bits per heavy atom. The fraction of sp³-hybridized carbons (Fsp3) is 0.500. The first-order valence-corrected chi connectivity index (χ1v) is 13.3. The van der Waals surface area contributed by atoms with Crippen molar-refractivity contribution in [3.05, 3.63) is 65.5 Å². The second kappa shape index (κ2) is 9.66. The van der Waals surface area contributed by atoms with Gasteiger partial charge in [0.2, 0.25) is 5.90 Å². The van der Waals surface area contributed by atoms with Gasteiger partial charge in [0.05, 0.1) is 0 Å². The number of hydrogen-bond acceptors (Lipinski definition) is 5. The van der Waals surface area contributed by atoms with Crippen molar-refractivity contribution in [2.75, 3.05) is 38.1 Å². The molecule has 2 aromatic carbocycles. The molecule has 2 aromatic rings. The second-order valence-electron chi connectivity index (χ2n) is 9.98. The summed E-state index contributed by atoms with van der Waals surface area (Å²) in [6.07, 6.45) is 0.536. The molecule has 184 valence electrons. The van der Waals surface area contributed by atoms with E-state index < -0.39 is 20.9 Å². The molecule has 1 saturated heterocycles. The van der Waals surface area contributed by atoms with Crippen LogP contribution >= 0.6 is 0 Å². The Bertz CT molecular complexity index is 1140. The highest BCUT2D eigenvalue weighted by molar-refractivity contribution is 7.91. The monoisotopic (exact) mass is 487 g/mol. The van der Waals surface area contributed by atoms with E-state index in [9.17, 15) is 12.8 Å². The molecule has 2 atom stereocenters. The molecule has 6 nitrogen and oxygen atoms in total. The minimum atomic E-state index is -3.80. The number of anilines is 1. The molecule has 2 aliphatic heterocycles. The molecular formula is C26H34FN3O3S. The first-order chi connectivity index (χ1) is 16.0. The van der Waals surface area contributed by atoms with Crippen LogP contribution < -0.4 is 4.90 Å². The maximum atomic E-state index is 14.2. The predicted molar refractivity (Wildman–Crippen MR) is 135 cm³/mol. The lowest BCUT2D eigenvalue weighted by molar-refractivity contribution is 0.0803. The summed E-state index contributed by atoms with van der Waals surface area (Å²) in [6.45, 7) is 9.45. The fourth-order valence-electron chi connectivity index (χ4n) is 4.75. The van der Waals surface area contributed by atoms with Crippen LogP contribution in [0.25, 0.3) is 0 Å². The van der Waals surface area contributed by atoms with E-state index in [0.29, 0.717) is 12.0 Å². The van der Waals surface area contributed by atoms with Crippen molar-refractivity contribution >= 4 is 21.6 Å². The van der Waals surface area contributed by atoms with Crippen LogP contribution in [0.15, 0.2) is 52.9 Å². The molecule has 0 aromatic heterocycles. The van der Waals surface area contributed by atoms with Gasteiger partial charge in [-0.3, -0.25) is 0 Å². The molecule has 0 aliphatic carbocycles. The summed E-state index contributed by atoms with van der Waals surface area (Å²) in [5.74, 6) is -0.432. The standard InChI is InChI=1S/C26H34FN3O3S/c1-19(22-7-5-6-8-23(22)27)17-25-28-34(31,32)24(26(2,3)33-25)18-20-9-11-21(12-10-20)30-15-13-29(4)14-16-30/h5-12,19,24H,13-18H2,1-4H3/t19-,24-/m1/s1. The summed E-state index contributed by atoms with van der Waals surface area (Å²) in [5, 5.41) is -0.804. The molecule has 2 aliphatic rings. The lowest BCUT2D eigenvalue weighted by atomic mass is 9.95. The minimum Gasteiger partial charge on any atom is -0.473 e. The van der Waals surface area contributed by atoms with E-state index in [1.165, 1.54) is 6.07 Å². The van der Waals surface area contributed by atoms with E-state index in [1.807, 2.05) is 19.1 Å². The average molecular weight is 488 g/mol. The zero-order valence-electron chi connectivity index (χ0n) is 20.4. The zero-order valence-corrected chi connectivity index (χ0v) is 21.2. The summed E-state index contributed by atoms with van der Waals surface area (Å²) in [6, 6.07) is 14.6. The molecule has 34 heavy (non-hydrogen) atoms. The minimum absolute atomic E-state index is 0.141. The van der Waals surface area contributed by atoms with Gasteiger partial charge in [-0.15, -0.1) is 4.40 Å². The smallest absolute Gasteiger partial charge is 0.263 e. The Balaban J connectivity index is 1.48. The fourth-order valence-corrected chi connectivity index (χ4v) is 6.44. The lowest BCUT2D eigenvalue weighted by Crippen LogP contribution is -2.50. The molecule has 0 radical (unpaired) electrons. The van der Waals surface area contributed by atoms with Crippen molar-refractivity contribution in [1.29, 1.82) is 0 Å². The molecule has 4 rings (SSSR count). The van der Waals surface area contributed by atoms with Crippen molar-refractivity contribution in [3.8, 4) is 0 Å². The van der Waals surface area contributed by atoms with Gasteiger partial charge in [0.15, 0.2) is 0 Å². The Morgan fingerprint density at radius 3 is 2.35 bits per heavy atom. The van der Waals surface area contributed by atoms with E-state index in [4.69, 9.17) is 4.74 Å². The number of hydrogen-bond donors (Lipinski definition) is 0. The summed E-state index contributed by atoms with van der Waals surface area (Å²) in [7, 11) is -1.67. The van der Waals surface area contributed by atoms with E-state index >= 15 is 0 Å². The number of benzene rings is 2. The van der Waals surface area contributed by atoms with Crippen molar-refractivity contribution in [2.24, 2.45) is 4.40 Å². The number of halogens is 1. The highest BCUT2D eigenvalue weighted by Gasteiger charge is 2.46. The summed E-state index contributed by atoms with van der Waals surface area (Å²) < 4.78 is 50.6. The number of likely N-dealkylation sites (N-methyl/N-ethyl adjacent to an activating group) is 1. The van der Waals surface area contributed by atoms with Gasteiger partial charge in [0.1, 0.15) is 16.7 Å². The molecule has 0 spiro atoms. The number of sulfonamides is 1. The van der Waals surface area contributed by atoms with E-state index in [1.54, 1.807) is 32.0 Å². The van der Waals surface area contributed by atoms with Crippen LogP contribution in [0.1, 0.15) is 44.2 Å². The Hall–Kier alpha value is -2.45. The summed E-state index contributed by atoms with van der Waals surface area (Å²) in [4.78, 5) is 4.66. The third kappa shape index (κ3) is 5.44. The molecular weight excluding hydrogens is 453 g/mol. The first-order valence-electron chi connectivity index (χ1n) is 11.8. The number of nitrogens with zero attached hydrogens (tertiary/aromatic N) is 3. The van der Waals surface area contributed by atoms with Gasteiger partial charge in [0.25, 0.3) is 10.0 Å². The number of ether oxygens (including phenoxy) is 1. The first kappa shape index (κ1) is 24.7. The number of rotatable bonds is 6. The van der Waals surface area contributed by atoms with Crippen LogP contribution in [0, 0.1) is 5.82 Å². The van der Waals surface area contributed by atoms with Crippen LogP contribution in [0.5, 0.6) is 0 Å². The second-order valence-corrected chi connectivity index (χ2v) is 11.8. The van der Waals surface area contributed by atoms with Crippen molar-refractivity contribution in [1.82, 2.24) is 4.90 Å². The van der Waals surface area contributed by atoms with Crippen molar-refractivity contribution < 1.29 is 17.5 Å². The summed E-state index contributed by atoms with van der Waals surface area (Å²) >= 11 is 0. The van der Waals surface area contributed by atoms with Crippen LogP contribution in [0.2, 0.25) is 0 Å². The zero-order chi connectivity index (χ0) is 24.5. The quantitative estimate of drug-likeness (QED) is 0.611. The van der Waals surface area contributed by atoms with Gasteiger partial charge in [-0.2, -0.15) is 0 Å². The highest BCUT2D eigenvalue weighted by atomic mass is 32.2. The van der Waals surface area contributed by atoms with Gasteiger partial charge in [-0.1, -0.05) is 37.3 Å². The van der Waals surface area contributed by atoms with Crippen LogP contribution in [-0.4, -0.2) is 63.3 Å². The third-order valence-electron chi connectivity index (χ3n) is 6.89. The van der Waals surface area contributed by atoms with Crippen molar-refractivity contribution in [2.45, 2.75) is 50.4 Å². The van der Waals surface area contributed by atoms with Gasteiger partial charge in [-0.05, 0) is 62.6 Å². The lowest BCUT2D eigenvalue weighted by Gasteiger charge is -2.37. The molecule has 0 saturated carbocycles. The van der Waals surface area contributed by atoms with Gasteiger partial charge in [0, 0.05) is 38.3 Å². The van der Waals surface area contributed by atoms with Gasteiger partial charge in [-0.25, -0.2) is 12.8 Å². The highest BCUT2D eigenvalue weighted by Crippen LogP contribution is 2.34. The molecule has 0 bridgehead atoms. The molecule has 2 heterocycles. The maximum absolute atomic E-state index is 14.2. The third-order valence-corrected chi connectivity index (χ3v) is 8.80. The molecule has 1 fully saturated rings. The van der Waals surface area contributed by atoms with Crippen LogP contribution in [0.3, 0.4) is 0 Å². The number of piperazine rings is 1. The Morgan fingerprint density at radius 1 is 1.09 bits per heavy atom. The van der Waals surface area contributed by atoms with Crippen LogP contribution in [0.4, 0.5) is 10.1 Å². The van der Waals surface area contributed by atoms with E-state index in [-0.39, 0.29) is 24.1 Å². The molecule has 0 unspecified atom stereocenters. The normalized spacial score (nSPS) is 23.1. The van der Waals surface area contributed by atoms with E-state index in [0.717, 1.165) is 37.4 Å². The van der Waals surface area contributed by atoms with Crippen molar-refractivity contribution in [3.63, 3.8) is 0 Å². The molecule has 0 amide bonds. The average Bonchev–Trinajstić information content (AvgIpc) is 2.77. The van der Waals surface area contributed by atoms with Crippen LogP contribution in [-0.2, 0) is 21.2 Å². The molecule has 0 N–H and O–H groups in total. The summed E-state index contributed by atoms with van der Waals surface area (Å²) in [5.41, 5.74) is 1.65. The Kier molecular flexibility index (Phi) is 7.01. The topological polar surface area (TPSA) is 62.2 Å².